The third kappa shape index (κ3) is 3.19. The standard InChI is InChI=1S/C14H15ClN2S/c1-17-9-10-4-2-3-5-13(10)18-14-7-6-11(15)8-12(14)16/h2-8,17H,9,16H2,1H3. The third-order valence-corrected chi connectivity index (χ3v) is 3.98. The molecule has 0 aliphatic carbocycles. The van der Waals surface area contributed by atoms with Crippen molar-refractivity contribution in [2.24, 2.45) is 0 Å². The zero-order chi connectivity index (χ0) is 13.0. The van der Waals surface area contributed by atoms with Crippen molar-refractivity contribution in [1.82, 2.24) is 5.32 Å². The molecule has 0 fully saturated rings. The summed E-state index contributed by atoms with van der Waals surface area (Å²) in [5.74, 6) is 0. The molecule has 2 rings (SSSR count). The lowest BCUT2D eigenvalue weighted by atomic mass is 10.2. The fourth-order valence-corrected chi connectivity index (χ4v) is 2.82. The van der Waals surface area contributed by atoms with Crippen LogP contribution in [0, 0.1) is 0 Å². The van der Waals surface area contributed by atoms with Gasteiger partial charge in [0.25, 0.3) is 0 Å². The number of nitrogens with two attached hydrogens (primary N) is 1. The number of halogens is 1. The van der Waals surface area contributed by atoms with Crippen molar-refractivity contribution in [3.63, 3.8) is 0 Å². The van der Waals surface area contributed by atoms with Crippen LogP contribution in [0.2, 0.25) is 5.02 Å². The molecule has 3 N–H and O–H groups in total. The Balaban J connectivity index is 2.28. The van der Waals surface area contributed by atoms with E-state index in [-0.39, 0.29) is 0 Å². The van der Waals surface area contributed by atoms with Crippen LogP contribution in [0.15, 0.2) is 52.3 Å². The van der Waals surface area contributed by atoms with Crippen molar-refractivity contribution >= 4 is 29.1 Å². The van der Waals surface area contributed by atoms with Crippen LogP contribution < -0.4 is 11.1 Å². The van der Waals surface area contributed by atoms with Gasteiger partial charge in [0.05, 0.1) is 0 Å². The van der Waals surface area contributed by atoms with E-state index in [4.69, 9.17) is 17.3 Å². The van der Waals surface area contributed by atoms with Gasteiger partial charge >= 0.3 is 0 Å². The van der Waals surface area contributed by atoms with Gasteiger partial charge in [0.2, 0.25) is 0 Å². The SMILES string of the molecule is CNCc1ccccc1Sc1ccc(Cl)cc1N. The highest BCUT2D eigenvalue weighted by molar-refractivity contribution is 7.99. The summed E-state index contributed by atoms with van der Waals surface area (Å²) in [6.45, 7) is 0.844. The van der Waals surface area contributed by atoms with Gasteiger partial charge in [-0.1, -0.05) is 41.6 Å². The molecule has 0 atom stereocenters. The second kappa shape index (κ2) is 6.14. The van der Waals surface area contributed by atoms with Crippen LogP contribution >= 0.6 is 23.4 Å². The molecular formula is C14H15ClN2S. The minimum Gasteiger partial charge on any atom is -0.398 e. The average molecular weight is 279 g/mol. The van der Waals surface area contributed by atoms with Crippen LogP contribution in [-0.2, 0) is 6.54 Å². The lowest BCUT2D eigenvalue weighted by Crippen LogP contribution is -2.05. The molecule has 0 saturated heterocycles. The van der Waals surface area contributed by atoms with Gasteiger partial charge in [-0.3, -0.25) is 0 Å². The quantitative estimate of drug-likeness (QED) is 0.836. The summed E-state index contributed by atoms with van der Waals surface area (Å²) in [6, 6.07) is 13.9. The summed E-state index contributed by atoms with van der Waals surface area (Å²) in [4.78, 5) is 2.24. The molecule has 94 valence electrons. The van der Waals surface area contributed by atoms with E-state index in [2.05, 4.69) is 17.4 Å². The molecule has 0 saturated carbocycles. The Labute approximate surface area is 117 Å². The Morgan fingerprint density at radius 2 is 1.94 bits per heavy atom. The molecule has 0 spiro atoms. The number of nitrogens with one attached hydrogen (secondary N) is 1. The zero-order valence-corrected chi connectivity index (χ0v) is 11.7. The molecule has 0 aliphatic heterocycles. The summed E-state index contributed by atoms with van der Waals surface area (Å²) in [5.41, 5.74) is 7.95. The van der Waals surface area contributed by atoms with Gasteiger partial charge in [-0.15, -0.1) is 0 Å². The number of hydrogen-bond acceptors (Lipinski definition) is 3. The fourth-order valence-electron chi connectivity index (χ4n) is 1.67. The molecule has 18 heavy (non-hydrogen) atoms. The van der Waals surface area contributed by atoms with Crippen molar-refractivity contribution in [3.05, 3.63) is 53.1 Å². The maximum Gasteiger partial charge on any atom is 0.0470 e. The van der Waals surface area contributed by atoms with Gasteiger partial charge in [-0.2, -0.15) is 0 Å². The lowest BCUT2D eigenvalue weighted by molar-refractivity contribution is 0.803. The number of rotatable bonds is 4. The molecule has 0 unspecified atom stereocenters. The maximum atomic E-state index is 5.97. The van der Waals surface area contributed by atoms with Gasteiger partial charge in [0.1, 0.15) is 0 Å². The highest BCUT2D eigenvalue weighted by atomic mass is 35.5. The van der Waals surface area contributed by atoms with Gasteiger partial charge in [-0.05, 0) is 36.9 Å². The van der Waals surface area contributed by atoms with Crippen LogP contribution in [-0.4, -0.2) is 7.05 Å². The van der Waals surface area contributed by atoms with Crippen molar-refractivity contribution in [2.45, 2.75) is 16.3 Å². The Hall–Kier alpha value is -1.16. The molecular weight excluding hydrogens is 264 g/mol. The van der Waals surface area contributed by atoms with E-state index in [9.17, 15) is 0 Å². The first-order valence-corrected chi connectivity index (χ1v) is 6.85. The van der Waals surface area contributed by atoms with Gasteiger partial charge in [-0.25, -0.2) is 0 Å². The highest BCUT2D eigenvalue weighted by Crippen LogP contribution is 2.35. The average Bonchev–Trinajstić information content (AvgIpc) is 2.35. The Kier molecular flexibility index (Phi) is 4.53. The Morgan fingerprint density at radius 3 is 2.67 bits per heavy atom. The van der Waals surface area contributed by atoms with E-state index in [0.717, 1.165) is 11.4 Å². The molecule has 0 aliphatic rings. The molecule has 0 bridgehead atoms. The van der Waals surface area contributed by atoms with Crippen molar-refractivity contribution in [2.75, 3.05) is 12.8 Å². The number of hydrogen-bond donors (Lipinski definition) is 2. The van der Waals surface area contributed by atoms with Crippen molar-refractivity contribution in [1.29, 1.82) is 0 Å². The fraction of sp³-hybridized carbons (Fsp3) is 0.143. The Morgan fingerprint density at radius 1 is 1.17 bits per heavy atom. The first-order valence-electron chi connectivity index (χ1n) is 5.66. The summed E-state index contributed by atoms with van der Waals surface area (Å²) in [6.07, 6.45) is 0. The molecule has 4 heteroatoms. The van der Waals surface area contributed by atoms with Gasteiger partial charge < -0.3 is 11.1 Å². The van der Waals surface area contributed by atoms with E-state index < -0.39 is 0 Å². The zero-order valence-electron chi connectivity index (χ0n) is 10.1. The van der Waals surface area contributed by atoms with Crippen LogP contribution in [0.3, 0.4) is 0 Å². The number of anilines is 1. The van der Waals surface area contributed by atoms with E-state index in [1.54, 1.807) is 17.8 Å². The van der Waals surface area contributed by atoms with E-state index in [0.29, 0.717) is 10.7 Å². The summed E-state index contributed by atoms with van der Waals surface area (Å²) < 4.78 is 0. The first-order chi connectivity index (χ1) is 8.70. The predicted octanol–water partition coefficient (Wildman–Crippen LogP) is 3.79. The topological polar surface area (TPSA) is 38.0 Å². The van der Waals surface area contributed by atoms with Crippen LogP contribution in [0.25, 0.3) is 0 Å². The number of benzene rings is 2. The van der Waals surface area contributed by atoms with Gasteiger partial charge in [0.15, 0.2) is 0 Å². The van der Waals surface area contributed by atoms with Crippen LogP contribution in [0.1, 0.15) is 5.56 Å². The van der Waals surface area contributed by atoms with E-state index >= 15 is 0 Å². The molecule has 2 aromatic carbocycles. The maximum absolute atomic E-state index is 5.97. The molecule has 0 heterocycles. The normalized spacial score (nSPS) is 10.6. The van der Waals surface area contributed by atoms with E-state index in [1.807, 2.05) is 31.3 Å². The summed E-state index contributed by atoms with van der Waals surface area (Å²) in [5, 5.41) is 3.84. The second-order valence-electron chi connectivity index (χ2n) is 3.92. The van der Waals surface area contributed by atoms with Crippen LogP contribution in [0.4, 0.5) is 5.69 Å². The minimum absolute atomic E-state index is 0.667. The molecule has 2 aromatic rings. The number of nitrogen functional groups attached to an aromatic ring is 1. The first kappa shape index (κ1) is 13.3. The van der Waals surface area contributed by atoms with E-state index in [1.165, 1.54) is 10.5 Å². The van der Waals surface area contributed by atoms with Crippen LogP contribution in [0.5, 0.6) is 0 Å². The third-order valence-electron chi connectivity index (χ3n) is 2.53. The summed E-state index contributed by atoms with van der Waals surface area (Å²) in [7, 11) is 1.94. The van der Waals surface area contributed by atoms with Crippen molar-refractivity contribution < 1.29 is 0 Å². The summed E-state index contributed by atoms with van der Waals surface area (Å²) >= 11 is 7.57. The Bertz CT molecular complexity index is 543. The molecule has 0 radical (unpaired) electrons. The molecule has 0 amide bonds. The predicted molar refractivity (Wildman–Crippen MR) is 79.2 cm³/mol. The smallest absolute Gasteiger partial charge is 0.0470 e. The van der Waals surface area contributed by atoms with Crippen molar-refractivity contribution in [3.8, 4) is 0 Å². The van der Waals surface area contributed by atoms with Gasteiger partial charge in [0, 0.05) is 27.0 Å². The lowest BCUT2D eigenvalue weighted by Gasteiger charge is -2.10. The minimum atomic E-state index is 0.667. The molecule has 2 nitrogen and oxygen atoms in total. The highest BCUT2D eigenvalue weighted by Gasteiger charge is 2.06. The largest absolute Gasteiger partial charge is 0.398 e. The molecule has 0 aromatic heterocycles. The monoisotopic (exact) mass is 278 g/mol. The second-order valence-corrected chi connectivity index (χ2v) is 5.44.